The lowest BCUT2D eigenvalue weighted by Gasteiger charge is -2.35. The van der Waals surface area contributed by atoms with Crippen LogP contribution in [0, 0.1) is 0 Å². The average Bonchev–Trinajstić information content (AvgIpc) is 3.34. The Morgan fingerprint density at radius 3 is 2.75 bits per heavy atom. The number of aliphatic hydroxyl groups is 1. The molecule has 210 valence electrons. The molecule has 2 aromatic carbocycles. The molecule has 0 aliphatic carbocycles. The first-order valence-corrected chi connectivity index (χ1v) is 13.6. The molecule has 1 aliphatic rings. The summed E-state index contributed by atoms with van der Waals surface area (Å²) in [6.07, 6.45) is 3.35. The van der Waals surface area contributed by atoms with E-state index in [1.807, 2.05) is 36.7 Å². The number of morpholine rings is 1. The number of amides is 1. The van der Waals surface area contributed by atoms with Crippen molar-refractivity contribution in [2.45, 2.75) is 25.9 Å². The predicted molar refractivity (Wildman–Crippen MR) is 155 cm³/mol. The maximum atomic E-state index is 13.1. The fraction of sp³-hybridized carbons (Fsp3) is 0.345. The highest BCUT2D eigenvalue weighted by Crippen LogP contribution is 2.33. The topological polar surface area (TPSA) is 114 Å². The van der Waals surface area contributed by atoms with Crippen molar-refractivity contribution < 1.29 is 19.4 Å². The molecule has 1 aliphatic heterocycles. The minimum absolute atomic E-state index is 0.00500. The van der Waals surface area contributed by atoms with E-state index < -0.39 is 5.54 Å². The van der Waals surface area contributed by atoms with E-state index in [0.29, 0.717) is 53.3 Å². The van der Waals surface area contributed by atoms with Crippen molar-refractivity contribution in [2.75, 3.05) is 44.8 Å². The number of anilines is 2. The van der Waals surface area contributed by atoms with Crippen LogP contribution >= 0.6 is 11.6 Å². The smallest absolute Gasteiger partial charge is 0.251 e. The second kappa shape index (κ2) is 12.2. The van der Waals surface area contributed by atoms with Crippen LogP contribution in [0.2, 0.25) is 5.02 Å². The number of nitrogens with zero attached hydrogens (tertiary/aromatic N) is 4. The van der Waals surface area contributed by atoms with Crippen LogP contribution in [0.1, 0.15) is 24.2 Å². The summed E-state index contributed by atoms with van der Waals surface area (Å²) in [5.41, 5.74) is 2.36. The molecule has 3 heterocycles. The second-order valence-corrected chi connectivity index (χ2v) is 10.7. The summed E-state index contributed by atoms with van der Waals surface area (Å²) in [6.45, 7) is 8.36. The van der Waals surface area contributed by atoms with Gasteiger partial charge in [-0.2, -0.15) is 0 Å². The molecule has 0 saturated carbocycles. The highest BCUT2D eigenvalue weighted by molar-refractivity contribution is 6.32. The number of aromatic nitrogens is 3. The molecule has 0 atom stereocenters. The molecular weight excluding hydrogens is 532 g/mol. The Bertz CT molecular complexity index is 1480. The van der Waals surface area contributed by atoms with E-state index in [1.54, 1.807) is 36.4 Å². The zero-order valence-electron chi connectivity index (χ0n) is 22.6. The van der Waals surface area contributed by atoms with Crippen molar-refractivity contribution in [3.05, 3.63) is 71.6 Å². The molecule has 3 N–H and O–H groups in total. The van der Waals surface area contributed by atoms with Crippen molar-refractivity contribution in [3.8, 4) is 11.5 Å². The number of halogens is 1. The zero-order chi connectivity index (χ0) is 28.1. The standard InChI is InChI=1S/C29H33ClN6O4/c1-29(2,18-35-11-14-39-15-12-35)34-28(38)20-4-3-5-22(16-20)40-25-7-6-21(17-23(25)30)33-27-26-24(31-19-32-27)8-9-36(26)10-13-37/h3-9,16-17,19,37H,10-15,18H2,1-2H3,(H,34,38)(H,31,32,33). The number of fused-ring (bicyclic) bond motifs is 1. The summed E-state index contributed by atoms with van der Waals surface area (Å²) in [5, 5.41) is 16.2. The number of hydrogen-bond donors (Lipinski definition) is 3. The maximum absolute atomic E-state index is 13.1. The van der Waals surface area contributed by atoms with Crippen molar-refractivity contribution in [3.63, 3.8) is 0 Å². The first-order chi connectivity index (χ1) is 19.3. The maximum Gasteiger partial charge on any atom is 0.251 e. The van der Waals surface area contributed by atoms with Crippen LogP contribution in [-0.4, -0.2) is 75.4 Å². The Labute approximate surface area is 237 Å². The second-order valence-electron chi connectivity index (χ2n) is 10.3. The number of carbonyl (C=O) groups excluding carboxylic acids is 1. The van der Waals surface area contributed by atoms with Gasteiger partial charge in [-0.1, -0.05) is 17.7 Å². The van der Waals surface area contributed by atoms with Gasteiger partial charge in [-0.25, -0.2) is 9.97 Å². The third kappa shape index (κ3) is 6.71. The first kappa shape index (κ1) is 27.9. The van der Waals surface area contributed by atoms with Gasteiger partial charge in [0.1, 0.15) is 23.3 Å². The van der Waals surface area contributed by atoms with Gasteiger partial charge in [0, 0.05) is 49.2 Å². The van der Waals surface area contributed by atoms with Crippen molar-refractivity contribution in [1.29, 1.82) is 0 Å². The summed E-state index contributed by atoms with van der Waals surface area (Å²) in [4.78, 5) is 24.0. The molecule has 0 bridgehead atoms. The van der Waals surface area contributed by atoms with Crippen molar-refractivity contribution >= 4 is 40.0 Å². The van der Waals surface area contributed by atoms with Gasteiger partial charge in [0.15, 0.2) is 5.82 Å². The Morgan fingerprint density at radius 2 is 1.98 bits per heavy atom. The van der Waals surface area contributed by atoms with E-state index in [1.165, 1.54) is 6.33 Å². The Morgan fingerprint density at radius 1 is 1.15 bits per heavy atom. The van der Waals surface area contributed by atoms with Crippen LogP contribution in [0.4, 0.5) is 11.5 Å². The van der Waals surface area contributed by atoms with Gasteiger partial charge >= 0.3 is 0 Å². The molecule has 11 heteroatoms. The van der Waals surface area contributed by atoms with E-state index >= 15 is 0 Å². The summed E-state index contributed by atoms with van der Waals surface area (Å²) in [5.74, 6) is 1.38. The molecular formula is C29H33ClN6O4. The average molecular weight is 565 g/mol. The van der Waals surface area contributed by atoms with Crippen LogP contribution in [0.3, 0.4) is 0 Å². The molecule has 10 nitrogen and oxygen atoms in total. The first-order valence-electron chi connectivity index (χ1n) is 13.2. The molecule has 2 aromatic heterocycles. The minimum Gasteiger partial charge on any atom is -0.456 e. The minimum atomic E-state index is -0.410. The number of hydrogen-bond acceptors (Lipinski definition) is 8. The summed E-state index contributed by atoms with van der Waals surface area (Å²) in [6, 6.07) is 14.2. The van der Waals surface area contributed by atoms with Gasteiger partial charge in [-0.05, 0) is 56.3 Å². The fourth-order valence-corrected chi connectivity index (χ4v) is 5.00. The normalized spacial score (nSPS) is 14.3. The number of rotatable bonds is 10. The molecule has 1 amide bonds. The molecule has 0 unspecified atom stereocenters. The molecule has 40 heavy (non-hydrogen) atoms. The van der Waals surface area contributed by atoms with Gasteiger partial charge in [-0.15, -0.1) is 0 Å². The molecule has 1 fully saturated rings. The van der Waals surface area contributed by atoms with Gasteiger partial charge in [0.25, 0.3) is 5.91 Å². The Hall–Kier alpha value is -3.70. The van der Waals surface area contributed by atoms with Crippen LogP contribution in [0.15, 0.2) is 61.1 Å². The fourth-order valence-electron chi connectivity index (χ4n) is 4.78. The lowest BCUT2D eigenvalue weighted by molar-refractivity contribution is 0.0269. The van der Waals surface area contributed by atoms with Gasteiger partial charge in [0.2, 0.25) is 0 Å². The summed E-state index contributed by atoms with van der Waals surface area (Å²) < 4.78 is 13.4. The van der Waals surface area contributed by atoms with Crippen LogP contribution in [0.25, 0.3) is 11.0 Å². The Kier molecular flexibility index (Phi) is 8.51. The molecule has 4 aromatic rings. The van der Waals surface area contributed by atoms with Crippen molar-refractivity contribution in [1.82, 2.24) is 24.8 Å². The third-order valence-electron chi connectivity index (χ3n) is 6.58. The number of aliphatic hydroxyl groups excluding tert-OH is 1. The van der Waals surface area contributed by atoms with E-state index in [-0.39, 0.29) is 12.5 Å². The van der Waals surface area contributed by atoms with E-state index in [4.69, 9.17) is 21.1 Å². The lowest BCUT2D eigenvalue weighted by Crippen LogP contribution is -2.53. The van der Waals surface area contributed by atoms with E-state index in [0.717, 1.165) is 30.7 Å². The largest absolute Gasteiger partial charge is 0.456 e. The van der Waals surface area contributed by atoms with Crippen molar-refractivity contribution in [2.24, 2.45) is 0 Å². The molecule has 0 radical (unpaired) electrons. The number of ether oxygens (including phenoxy) is 2. The highest BCUT2D eigenvalue weighted by Gasteiger charge is 2.25. The Balaban J connectivity index is 1.26. The van der Waals surface area contributed by atoms with Crippen LogP contribution < -0.4 is 15.4 Å². The summed E-state index contributed by atoms with van der Waals surface area (Å²) >= 11 is 6.58. The predicted octanol–water partition coefficient (Wildman–Crippen LogP) is 4.45. The lowest BCUT2D eigenvalue weighted by atomic mass is 10.0. The third-order valence-corrected chi connectivity index (χ3v) is 6.88. The number of carbonyl (C=O) groups is 1. The van der Waals surface area contributed by atoms with Crippen LogP contribution in [-0.2, 0) is 11.3 Å². The molecule has 5 rings (SSSR count). The van der Waals surface area contributed by atoms with Gasteiger partial charge in [0.05, 0.1) is 30.4 Å². The zero-order valence-corrected chi connectivity index (χ0v) is 23.3. The highest BCUT2D eigenvalue weighted by atomic mass is 35.5. The van der Waals surface area contributed by atoms with Gasteiger partial charge < -0.3 is 29.8 Å². The SMILES string of the molecule is CC(C)(CN1CCOCC1)NC(=O)c1cccc(Oc2ccc(Nc3ncnc4ccn(CCO)c34)cc2Cl)c1. The van der Waals surface area contributed by atoms with E-state index in [9.17, 15) is 9.90 Å². The molecule has 0 spiro atoms. The number of nitrogens with one attached hydrogen (secondary N) is 2. The quantitative estimate of drug-likeness (QED) is 0.259. The number of benzene rings is 2. The molecule has 1 saturated heterocycles. The summed E-state index contributed by atoms with van der Waals surface area (Å²) in [7, 11) is 0. The monoisotopic (exact) mass is 564 g/mol. The van der Waals surface area contributed by atoms with Crippen LogP contribution in [0.5, 0.6) is 11.5 Å². The van der Waals surface area contributed by atoms with E-state index in [2.05, 4.69) is 25.5 Å². The van der Waals surface area contributed by atoms with Gasteiger partial charge in [-0.3, -0.25) is 9.69 Å².